The lowest BCUT2D eigenvalue weighted by Gasteiger charge is -2.25. The molecule has 0 aromatic heterocycles. The average molecular weight is 451 g/mol. The Morgan fingerprint density at radius 2 is 1.96 bits per heavy atom. The summed E-state index contributed by atoms with van der Waals surface area (Å²) in [4.78, 5) is 4.82. The molecule has 0 aromatic carbocycles. The van der Waals surface area contributed by atoms with Crippen molar-refractivity contribution < 1.29 is 9.84 Å². The van der Waals surface area contributed by atoms with Crippen molar-refractivity contribution in [3.05, 3.63) is 0 Å². The van der Waals surface area contributed by atoms with E-state index in [9.17, 15) is 5.11 Å². The normalized spacial score (nSPS) is 27.2. The van der Waals surface area contributed by atoms with Gasteiger partial charge in [0.15, 0.2) is 5.96 Å². The predicted octanol–water partition coefficient (Wildman–Crippen LogP) is 2.38. The van der Waals surface area contributed by atoms with E-state index in [0.717, 1.165) is 69.4 Å². The zero-order valence-corrected chi connectivity index (χ0v) is 17.3. The molecule has 1 heterocycles. The second-order valence-electron chi connectivity index (χ2n) is 7.69. The predicted molar refractivity (Wildman–Crippen MR) is 108 cm³/mol. The Bertz CT molecular complexity index is 393. The van der Waals surface area contributed by atoms with Crippen LogP contribution in [-0.2, 0) is 4.74 Å². The summed E-state index contributed by atoms with van der Waals surface area (Å²) in [6, 6.07) is 0. The smallest absolute Gasteiger partial charge is 0.191 e. The first-order chi connectivity index (χ1) is 11.3. The van der Waals surface area contributed by atoms with Crippen LogP contribution in [0.4, 0.5) is 0 Å². The van der Waals surface area contributed by atoms with Gasteiger partial charge in [-0.3, -0.25) is 4.99 Å². The Labute approximate surface area is 163 Å². The average Bonchev–Trinajstić information content (AvgIpc) is 3.47. The summed E-state index contributed by atoms with van der Waals surface area (Å²) < 4.78 is 5.56. The van der Waals surface area contributed by atoms with Gasteiger partial charge >= 0.3 is 0 Å². The molecule has 1 saturated heterocycles. The van der Waals surface area contributed by atoms with Gasteiger partial charge in [0.05, 0.1) is 13.2 Å². The number of aliphatic hydroxyl groups excluding tert-OH is 1. The van der Waals surface area contributed by atoms with Crippen LogP contribution < -0.4 is 10.6 Å². The third-order valence-corrected chi connectivity index (χ3v) is 5.70. The maximum Gasteiger partial charge on any atom is 0.191 e. The maximum absolute atomic E-state index is 9.34. The standard InChI is InChI=1S/C18H33N3O2.HI/c1-2-19-17(20-11-16(14-3-4-14)15-5-6-15)21-12-18(7-9-22)8-10-23-13-18;/h14-16,22H,2-13H2,1H3,(H2,19,20,21);1H. The topological polar surface area (TPSA) is 65.9 Å². The van der Waals surface area contributed by atoms with E-state index in [-0.39, 0.29) is 36.0 Å². The SMILES string of the molecule is CCNC(=NCC1(CCO)CCOC1)NCC(C1CC1)C1CC1.I. The fraction of sp³-hybridized carbons (Fsp3) is 0.944. The minimum atomic E-state index is 0. The molecule has 5 nitrogen and oxygen atoms in total. The lowest BCUT2D eigenvalue weighted by atomic mass is 9.84. The molecule has 3 fully saturated rings. The van der Waals surface area contributed by atoms with Gasteiger partial charge in [-0.1, -0.05) is 0 Å². The van der Waals surface area contributed by atoms with Crippen LogP contribution in [0.3, 0.4) is 0 Å². The van der Waals surface area contributed by atoms with Crippen molar-refractivity contribution >= 4 is 29.9 Å². The van der Waals surface area contributed by atoms with Crippen molar-refractivity contribution in [2.75, 3.05) is 39.5 Å². The Morgan fingerprint density at radius 1 is 1.25 bits per heavy atom. The van der Waals surface area contributed by atoms with Gasteiger partial charge in [0.2, 0.25) is 0 Å². The molecule has 140 valence electrons. The van der Waals surface area contributed by atoms with Gasteiger partial charge in [-0.25, -0.2) is 0 Å². The summed E-state index contributed by atoms with van der Waals surface area (Å²) in [5.74, 6) is 3.70. The van der Waals surface area contributed by atoms with Crippen LogP contribution in [-0.4, -0.2) is 50.5 Å². The lowest BCUT2D eigenvalue weighted by molar-refractivity contribution is 0.131. The molecule has 0 radical (unpaired) electrons. The van der Waals surface area contributed by atoms with Gasteiger partial charge in [0.1, 0.15) is 0 Å². The molecule has 1 atom stereocenters. The van der Waals surface area contributed by atoms with Gasteiger partial charge in [-0.15, -0.1) is 24.0 Å². The molecule has 6 heteroatoms. The van der Waals surface area contributed by atoms with E-state index in [1.165, 1.54) is 25.7 Å². The van der Waals surface area contributed by atoms with Crippen LogP contribution in [0, 0.1) is 23.2 Å². The van der Waals surface area contributed by atoms with Crippen LogP contribution in [0.25, 0.3) is 0 Å². The van der Waals surface area contributed by atoms with E-state index < -0.39 is 0 Å². The van der Waals surface area contributed by atoms with Crippen molar-refractivity contribution in [2.24, 2.45) is 28.2 Å². The zero-order valence-electron chi connectivity index (χ0n) is 14.9. The van der Waals surface area contributed by atoms with E-state index >= 15 is 0 Å². The number of nitrogens with zero attached hydrogens (tertiary/aromatic N) is 1. The van der Waals surface area contributed by atoms with E-state index in [4.69, 9.17) is 9.73 Å². The van der Waals surface area contributed by atoms with Crippen LogP contribution in [0.1, 0.15) is 45.4 Å². The van der Waals surface area contributed by atoms with Crippen LogP contribution in [0.2, 0.25) is 0 Å². The fourth-order valence-corrected chi connectivity index (χ4v) is 3.86. The molecule has 2 saturated carbocycles. The molecule has 0 bridgehead atoms. The zero-order chi connectivity index (χ0) is 16.1. The van der Waals surface area contributed by atoms with Crippen LogP contribution >= 0.6 is 24.0 Å². The van der Waals surface area contributed by atoms with E-state index in [0.29, 0.717) is 0 Å². The third-order valence-electron chi connectivity index (χ3n) is 5.70. The summed E-state index contributed by atoms with van der Waals surface area (Å²) in [6.07, 6.45) is 7.48. The molecule has 0 amide bonds. The lowest BCUT2D eigenvalue weighted by Crippen LogP contribution is -2.41. The Hall–Kier alpha value is -0.0800. The summed E-state index contributed by atoms with van der Waals surface area (Å²) >= 11 is 0. The van der Waals surface area contributed by atoms with E-state index in [2.05, 4.69) is 17.6 Å². The quantitative estimate of drug-likeness (QED) is 0.286. The molecular formula is C18H34IN3O2. The van der Waals surface area contributed by atoms with Gasteiger partial charge in [0, 0.05) is 31.7 Å². The minimum Gasteiger partial charge on any atom is -0.396 e. The molecule has 0 aromatic rings. The van der Waals surface area contributed by atoms with Gasteiger partial charge in [0.25, 0.3) is 0 Å². The molecule has 2 aliphatic carbocycles. The second-order valence-corrected chi connectivity index (χ2v) is 7.69. The molecule has 1 unspecified atom stereocenters. The molecular weight excluding hydrogens is 417 g/mol. The van der Waals surface area contributed by atoms with Gasteiger partial charge < -0.3 is 20.5 Å². The van der Waals surface area contributed by atoms with E-state index in [1.807, 2.05) is 0 Å². The number of ether oxygens (including phenoxy) is 1. The van der Waals surface area contributed by atoms with Crippen molar-refractivity contribution in [3.8, 4) is 0 Å². The summed E-state index contributed by atoms with van der Waals surface area (Å²) in [5, 5.41) is 16.3. The number of guanidine groups is 1. The van der Waals surface area contributed by atoms with Gasteiger partial charge in [-0.05, 0) is 63.2 Å². The first-order valence-corrected chi connectivity index (χ1v) is 9.47. The number of aliphatic hydroxyl groups is 1. The third kappa shape index (κ3) is 5.73. The highest BCUT2D eigenvalue weighted by atomic mass is 127. The fourth-order valence-electron chi connectivity index (χ4n) is 3.86. The number of aliphatic imine (C=N–C) groups is 1. The van der Waals surface area contributed by atoms with Crippen molar-refractivity contribution in [1.82, 2.24) is 10.6 Å². The largest absolute Gasteiger partial charge is 0.396 e. The minimum absolute atomic E-state index is 0. The number of halogens is 1. The maximum atomic E-state index is 9.34. The van der Waals surface area contributed by atoms with Crippen molar-refractivity contribution in [2.45, 2.75) is 45.4 Å². The Balaban J connectivity index is 0.00000208. The number of rotatable bonds is 9. The second kappa shape index (κ2) is 9.57. The summed E-state index contributed by atoms with van der Waals surface area (Å²) in [7, 11) is 0. The highest BCUT2D eigenvalue weighted by molar-refractivity contribution is 14.0. The monoisotopic (exact) mass is 451 g/mol. The molecule has 24 heavy (non-hydrogen) atoms. The van der Waals surface area contributed by atoms with Gasteiger partial charge in [-0.2, -0.15) is 0 Å². The van der Waals surface area contributed by atoms with E-state index in [1.54, 1.807) is 0 Å². The van der Waals surface area contributed by atoms with Crippen molar-refractivity contribution in [1.29, 1.82) is 0 Å². The first kappa shape index (κ1) is 20.2. The summed E-state index contributed by atoms with van der Waals surface area (Å²) in [5.41, 5.74) is 0.0312. The number of hydrogen-bond donors (Lipinski definition) is 3. The highest BCUT2D eigenvalue weighted by Crippen LogP contribution is 2.48. The molecule has 0 spiro atoms. The first-order valence-electron chi connectivity index (χ1n) is 9.47. The Kier molecular flexibility index (Phi) is 8.07. The molecule has 3 rings (SSSR count). The molecule has 3 aliphatic rings. The van der Waals surface area contributed by atoms with Crippen molar-refractivity contribution in [3.63, 3.8) is 0 Å². The Morgan fingerprint density at radius 3 is 2.46 bits per heavy atom. The van der Waals surface area contributed by atoms with Crippen LogP contribution in [0.5, 0.6) is 0 Å². The molecule has 1 aliphatic heterocycles. The molecule has 3 N–H and O–H groups in total. The van der Waals surface area contributed by atoms with Crippen LogP contribution in [0.15, 0.2) is 4.99 Å². The summed E-state index contributed by atoms with van der Waals surface area (Å²) in [6.45, 7) is 6.53. The number of nitrogens with one attached hydrogen (secondary N) is 2. The highest BCUT2D eigenvalue weighted by Gasteiger charge is 2.41. The number of hydrogen-bond acceptors (Lipinski definition) is 3.